The third-order valence-corrected chi connectivity index (χ3v) is 10.1. The molecule has 1 aliphatic carbocycles. The summed E-state index contributed by atoms with van der Waals surface area (Å²) in [5.74, 6) is 1.59. The number of sulfonamides is 1. The first-order valence-electron chi connectivity index (χ1n) is 11.5. The number of benzene rings is 1. The van der Waals surface area contributed by atoms with E-state index in [4.69, 9.17) is 4.74 Å². The molecule has 1 fully saturated rings. The number of hydrogen-bond donors (Lipinski definition) is 0. The Morgan fingerprint density at radius 2 is 1.97 bits per heavy atom. The first-order chi connectivity index (χ1) is 15.0. The van der Waals surface area contributed by atoms with E-state index in [1.54, 1.807) is 17.5 Å². The number of thiophene rings is 1. The third kappa shape index (κ3) is 5.00. The maximum atomic E-state index is 12.8. The van der Waals surface area contributed by atoms with Crippen LogP contribution in [0.25, 0.3) is 0 Å². The van der Waals surface area contributed by atoms with Gasteiger partial charge in [0.25, 0.3) is 10.0 Å². The van der Waals surface area contributed by atoms with E-state index in [0.717, 1.165) is 50.9 Å². The van der Waals surface area contributed by atoms with Gasteiger partial charge >= 0.3 is 0 Å². The summed E-state index contributed by atoms with van der Waals surface area (Å²) in [5.41, 5.74) is 2.80. The van der Waals surface area contributed by atoms with E-state index in [-0.39, 0.29) is 0 Å². The molecule has 1 aromatic carbocycles. The second-order valence-corrected chi connectivity index (χ2v) is 11.9. The predicted octanol–water partition coefficient (Wildman–Crippen LogP) is 4.43. The van der Waals surface area contributed by atoms with Crippen LogP contribution < -0.4 is 4.74 Å². The number of rotatable bonds is 8. The summed E-state index contributed by atoms with van der Waals surface area (Å²) >= 11 is 1.31. The fourth-order valence-corrected chi connectivity index (χ4v) is 7.78. The van der Waals surface area contributed by atoms with E-state index in [2.05, 4.69) is 30.0 Å². The number of piperidine rings is 1. The summed E-state index contributed by atoms with van der Waals surface area (Å²) in [4.78, 5) is 2.68. The molecule has 2 aromatic rings. The highest BCUT2D eigenvalue weighted by Gasteiger charge is 2.32. The van der Waals surface area contributed by atoms with Crippen LogP contribution in [-0.4, -0.2) is 57.0 Å². The van der Waals surface area contributed by atoms with Gasteiger partial charge in [0.1, 0.15) is 9.96 Å². The van der Waals surface area contributed by atoms with Crippen LogP contribution in [0.5, 0.6) is 5.75 Å². The molecule has 1 saturated heterocycles. The Morgan fingerprint density at radius 1 is 1.16 bits per heavy atom. The van der Waals surface area contributed by atoms with Gasteiger partial charge in [-0.1, -0.05) is 25.1 Å². The lowest BCUT2D eigenvalue weighted by Gasteiger charge is -2.39. The maximum Gasteiger partial charge on any atom is 0.252 e. The Kier molecular flexibility index (Phi) is 7.37. The largest absolute Gasteiger partial charge is 0.496 e. The van der Waals surface area contributed by atoms with Gasteiger partial charge in [0.05, 0.1) is 7.11 Å². The van der Waals surface area contributed by atoms with Crippen LogP contribution in [-0.2, 0) is 22.9 Å². The summed E-state index contributed by atoms with van der Waals surface area (Å²) in [7, 11) is -1.55. The summed E-state index contributed by atoms with van der Waals surface area (Å²) in [5, 5.41) is 1.83. The molecule has 7 heteroatoms. The lowest BCUT2D eigenvalue weighted by atomic mass is 9.86. The normalized spacial score (nSPS) is 20.7. The second-order valence-electron chi connectivity index (χ2n) is 8.77. The molecule has 170 valence electrons. The Bertz CT molecular complexity index is 951. The standard InChI is InChI=1S/C24H34N2O3S2/c1-3-13-25(21-9-10-22-20(17-21)6-4-7-23(22)29-2)18-19-11-14-26(15-12-19)31(27,28)24-8-5-16-30-24/h4-8,16,19,21H,3,9-15,17-18H2,1-2H3. The zero-order chi connectivity index (χ0) is 21.8. The van der Waals surface area contributed by atoms with Crippen LogP contribution in [0.4, 0.5) is 0 Å². The molecule has 31 heavy (non-hydrogen) atoms. The van der Waals surface area contributed by atoms with Crippen molar-refractivity contribution in [1.29, 1.82) is 0 Å². The van der Waals surface area contributed by atoms with Crippen LogP contribution >= 0.6 is 11.3 Å². The molecular weight excluding hydrogens is 428 g/mol. The van der Waals surface area contributed by atoms with Gasteiger partial charge in [0.2, 0.25) is 0 Å². The van der Waals surface area contributed by atoms with Crippen molar-refractivity contribution in [2.24, 2.45) is 5.92 Å². The van der Waals surface area contributed by atoms with E-state index in [1.807, 2.05) is 11.4 Å². The lowest BCUT2D eigenvalue weighted by Crippen LogP contribution is -2.45. The zero-order valence-electron chi connectivity index (χ0n) is 18.6. The number of fused-ring (bicyclic) bond motifs is 1. The Labute approximate surface area is 191 Å². The van der Waals surface area contributed by atoms with Gasteiger partial charge in [-0.2, -0.15) is 4.31 Å². The van der Waals surface area contributed by atoms with Crippen LogP contribution in [0, 0.1) is 5.92 Å². The van der Waals surface area contributed by atoms with Crippen molar-refractivity contribution < 1.29 is 13.2 Å². The zero-order valence-corrected chi connectivity index (χ0v) is 20.3. The summed E-state index contributed by atoms with van der Waals surface area (Å²) in [6.07, 6.45) is 6.36. The van der Waals surface area contributed by atoms with E-state index in [9.17, 15) is 8.42 Å². The average molecular weight is 463 g/mol. The van der Waals surface area contributed by atoms with Crippen molar-refractivity contribution in [3.8, 4) is 5.75 Å². The average Bonchev–Trinajstić information content (AvgIpc) is 3.34. The number of nitrogens with zero attached hydrogens (tertiary/aromatic N) is 2. The molecule has 1 atom stereocenters. The van der Waals surface area contributed by atoms with Gasteiger partial charge in [0.15, 0.2) is 0 Å². The SMILES string of the molecule is CCCN(CC1CCN(S(=O)(=O)c2cccs2)CC1)C1CCc2c(cccc2OC)C1. The minimum absolute atomic E-state index is 0.467. The van der Waals surface area contributed by atoms with Crippen LogP contribution in [0.1, 0.15) is 43.7 Å². The smallest absolute Gasteiger partial charge is 0.252 e. The fourth-order valence-electron chi connectivity index (χ4n) is 5.17. The quantitative estimate of drug-likeness (QED) is 0.582. The molecule has 0 saturated carbocycles. The van der Waals surface area contributed by atoms with Crippen molar-refractivity contribution >= 4 is 21.4 Å². The molecule has 2 heterocycles. The molecule has 0 bridgehead atoms. The molecule has 4 rings (SSSR count). The highest BCUT2D eigenvalue weighted by Crippen LogP contribution is 2.33. The molecule has 0 N–H and O–H groups in total. The first kappa shape index (κ1) is 22.8. The number of methoxy groups -OCH3 is 1. The van der Waals surface area contributed by atoms with E-state index in [1.165, 1.54) is 28.9 Å². The maximum absolute atomic E-state index is 12.8. The van der Waals surface area contributed by atoms with E-state index < -0.39 is 10.0 Å². The van der Waals surface area contributed by atoms with Gasteiger partial charge in [0, 0.05) is 25.7 Å². The molecule has 0 spiro atoms. The fraction of sp³-hybridized carbons (Fsp3) is 0.583. The topological polar surface area (TPSA) is 49.9 Å². The first-order valence-corrected chi connectivity index (χ1v) is 13.8. The summed E-state index contributed by atoms with van der Waals surface area (Å²) < 4.78 is 33.3. The lowest BCUT2D eigenvalue weighted by molar-refractivity contribution is 0.129. The monoisotopic (exact) mass is 462 g/mol. The van der Waals surface area contributed by atoms with Crippen molar-refractivity contribution in [1.82, 2.24) is 9.21 Å². The highest BCUT2D eigenvalue weighted by atomic mass is 32.2. The Balaban J connectivity index is 1.37. The summed E-state index contributed by atoms with van der Waals surface area (Å²) in [6, 6.07) is 10.5. The Morgan fingerprint density at radius 3 is 2.65 bits per heavy atom. The minimum Gasteiger partial charge on any atom is -0.496 e. The minimum atomic E-state index is -3.32. The van der Waals surface area contributed by atoms with E-state index >= 15 is 0 Å². The molecule has 2 aliphatic rings. The van der Waals surface area contributed by atoms with Gasteiger partial charge in [-0.15, -0.1) is 11.3 Å². The molecule has 0 radical (unpaired) electrons. The molecule has 1 aliphatic heterocycles. The number of ether oxygens (including phenoxy) is 1. The van der Waals surface area contributed by atoms with Gasteiger partial charge in [-0.25, -0.2) is 8.42 Å². The van der Waals surface area contributed by atoms with Crippen molar-refractivity contribution in [2.75, 3.05) is 33.3 Å². The molecule has 0 amide bonds. The van der Waals surface area contributed by atoms with Crippen molar-refractivity contribution in [3.63, 3.8) is 0 Å². The van der Waals surface area contributed by atoms with Crippen molar-refractivity contribution in [3.05, 3.63) is 46.8 Å². The van der Waals surface area contributed by atoms with Gasteiger partial charge in [-0.3, -0.25) is 4.90 Å². The molecular formula is C24H34N2O3S2. The third-order valence-electron chi connectivity index (χ3n) is 6.82. The predicted molar refractivity (Wildman–Crippen MR) is 126 cm³/mol. The van der Waals surface area contributed by atoms with Gasteiger partial charge < -0.3 is 4.74 Å². The highest BCUT2D eigenvalue weighted by molar-refractivity contribution is 7.91. The molecule has 5 nitrogen and oxygen atoms in total. The van der Waals surface area contributed by atoms with Crippen LogP contribution in [0.3, 0.4) is 0 Å². The molecule has 1 unspecified atom stereocenters. The summed E-state index contributed by atoms with van der Waals surface area (Å²) in [6.45, 7) is 5.70. The molecule has 1 aromatic heterocycles. The van der Waals surface area contributed by atoms with Crippen molar-refractivity contribution in [2.45, 2.75) is 55.7 Å². The Hall–Kier alpha value is -1.41. The van der Waals surface area contributed by atoms with Crippen LogP contribution in [0.2, 0.25) is 0 Å². The van der Waals surface area contributed by atoms with Gasteiger partial charge in [-0.05, 0) is 79.6 Å². The van der Waals surface area contributed by atoms with Crippen LogP contribution in [0.15, 0.2) is 39.9 Å². The van der Waals surface area contributed by atoms with E-state index in [0.29, 0.717) is 29.3 Å². The second kappa shape index (κ2) is 10.0. The number of hydrogen-bond acceptors (Lipinski definition) is 5.